The Morgan fingerprint density at radius 2 is 1.93 bits per heavy atom. The lowest BCUT2D eigenvalue weighted by atomic mass is 10.1. The third-order valence-electron chi connectivity index (χ3n) is 4.18. The van der Waals surface area contributed by atoms with Gasteiger partial charge in [0, 0.05) is 34.3 Å². The number of aryl methyl sites for hydroxylation is 1. The Kier molecular flexibility index (Phi) is 6.91. The second-order valence-corrected chi connectivity index (χ2v) is 16.0. The molecule has 0 saturated carbocycles. The van der Waals surface area contributed by atoms with Crippen LogP contribution in [-0.4, -0.2) is 51.3 Å². The first-order valence-corrected chi connectivity index (χ1v) is 14.3. The smallest absolute Gasteiger partial charge is 0.242 e. The molecule has 150 valence electrons. The Bertz CT molecular complexity index is 905. The fraction of sp³-hybridized carbons (Fsp3) is 0.500. The normalized spacial score (nSPS) is 12.7. The Morgan fingerprint density at radius 3 is 2.52 bits per heavy atom. The largest absolute Gasteiger partial charge is 0.359 e. The minimum Gasteiger partial charge on any atom is -0.359 e. The average Bonchev–Trinajstić information content (AvgIpc) is 2.84. The molecule has 0 aliphatic carbocycles. The maximum Gasteiger partial charge on any atom is 0.242 e. The first-order chi connectivity index (χ1) is 12.4. The summed E-state index contributed by atoms with van der Waals surface area (Å²) in [5.41, 5.74) is 2.17. The molecule has 0 fully saturated rings. The summed E-state index contributed by atoms with van der Waals surface area (Å²) >= 11 is 6.53. The molecule has 0 aliphatic heterocycles. The molecule has 9 heteroatoms. The number of halogens is 1. The molecule has 0 unspecified atom stereocenters. The highest BCUT2D eigenvalue weighted by molar-refractivity contribution is 7.89. The molecular weight excluding hydrogens is 402 g/mol. The number of ether oxygens (including phenoxy) is 1. The average molecular weight is 430 g/mol. The Morgan fingerprint density at radius 1 is 1.26 bits per heavy atom. The van der Waals surface area contributed by atoms with E-state index in [0.717, 1.165) is 17.3 Å². The van der Waals surface area contributed by atoms with E-state index >= 15 is 0 Å². The van der Waals surface area contributed by atoms with E-state index in [4.69, 9.17) is 16.3 Å². The van der Waals surface area contributed by atoms with Crippen LogP contribution in [0.15, 0.2) is 29.2 Å². The zero-order valence-electron chi connectivity index (χ0n) is 16.8. The van der Waals surface area contributed by atoms with Crippen LogP contribution < -0.4 is 0 Å². The van der Waals surface area contributed by atoms with Crippen molar-refractivity contribution in [2.24, 2.45) is 0 Å². The van der Waals surface area contributed by atoms with Gasteiger partial charge in [0.25, 0.3) is 0 Å². The fourth-order valence-electron chi connectivity index (χ4n) is 2.52. The predicted molar refractivity (Wildman–Crippen MR) is 112 cm³/mol. The minimum atomic E-state index is -3.52. The van der Waals surface area contributed by atoms with Crippen molar-refractivity contribution in [1.29, 1.82) is 0 Å². The molecule has 0 atom stereocenters. The van der Waals surface area contributed by atoms with E-state index in [1.54, 1.807) is 22.9 Å². The van der Waals surface area contributed by atoms with Crippen LogP contribution in [0.5, 0.6) is 0 Å². The lowest BCUT2D eigenvalue weighted by Gasteiger charge is -2.15. The van der Waals surface area contributed by atoms with Gasteiger partial charge in [-0.05, 0) is 30.7 Å². The topological polar surface area (TPSA) is 64.4 Å². The number of benzene rings is 1. The van der Waals surface area contributed by atoms with Crippen LogP contribution in [-0.2, 0) is 21.5 Å². The highest BCUT2D eigenvalue weighted by Crippen LogP contribution is 2.32. The molecule has 1 aromatic heterocycles. The van der Waals surface area contributed by atoms with Gasteiger partial charge in [-0.3, -0.25) is 0 Å². The van der Waals surface area contributed by atoms with Gasteiger partial charge in [-0.1, -0.05) is 43.4 Å². The molecule has 2 rings (SSSR count). The maximum absolute atomic E-state index is 12.4. The molecule has 0 aliphatic rings. The van der Waals surface area contributed by atoms with Crippen molar-refractivity contribution in [3.05, 3.63) is 35.1 Å². The summed E-state index contributed by atoms with van der Waals surface area (Å²) in [6.07, 6.45) is 0. The Labute approximate surface area is 168 Å². The van der Waals surface area contributed by atoms with Gasteiger partial charge in [-0.25, -0.2) is 17.4 Å². The summed E-state index contributed by atoms with van der Waals surface area (Å²) in [5.74, 6) is 0. The molecule has 0 amide bonds. The molecule has 1 aromatic carbocycles. The monoisotopic (exact) mass is 429 g/mol. The molecule has 0 radical (unpaired) electrons. The van der Waals surface area contributed by atoms with Gasteiger partial charge in [0.05, 0.1) is 10.6 Å². The van der Waals surface area contributed by atoms with Crippen molar-refractivity contribution in [2.75, 3.05) is 20.7 Å². The van der Waals surface area contributed by atoms with Crippen LogP contribution in [0.4, 0.5) is 0 Å². The van der Waals surface area contributed by atoms with Crippen LogP contribution in [0, 0.1) is 6.92 Å². The third kappa shape index (κ3) is 5.42. The SMILES string of the molecule is Cc1nn(COCC[Si](C)(C)C)c(Cl)c1-c1cccc(S(=O)(=O)N(C)C)c1. The van der Waals surface area contributed by atoms with E-state index in [0.29, 0.717) is 17.3 Å². The maximum atomic E-state index is 12.4. The summed E-state index contributed by atoms with van der Waals surface area (Å²) in [7, 11) is -1.65. The van der Waals surface area contributed by atoms with Crippen LogP contribution in [0.3, 0.4) is 0 Å². The molecular formula is C18H28ClN3O3SSi. The summed E-state index contributed by atoms with van der Waals surface area (Å²) < 4.78 is 33.3. The summed E-state index contributed by atoms with van der Waals surface area (Å²) in [4.78, 5) is 0.222. The molecule has 0 bridgehead atoms. The summed E-state index contributed by atoms with van der Waals surface area (Å²) in [6.45, 7) is 9.71. The van der Waals surface area contributed by atoms with E-state index in [1.807, 2.05) is 13.0 Å². The van der Waals surface area contributed by atoms with Crippen LogP contribution in [0.2, 0.25) is 30.8 Å². The predicted octanol–water partition coefficient (Wildman–Crippen LogP) is 4.07. The zero-order valence-corrected chi connectivity index (χ0v) is 19.4. The fourth-order valence-corrected chi connectivity index (χ4v) is 4.56. The van der Waals surface area contributed by atoms with Gasteiger partial charge >= 0.3 is 0 Å². The number of hydrogen-bond donors (Lipinski definition) is 0. The van der Waals surface area contributed by atoms with Gasteiger partial charge in [0.1, 0.15) is 11.9 Å². The number of hydrogen-bond acceptors (Lipinski definition) is 4. The minimum absolute atomic E-state index is 0.222. The van der Waals surface area contributed by atoms with Crippen molar-refractivity contribution >= 4 is 29.7 Å². The highest BCUT2D eigenvalue weighted by atomic mass is 35.5. The molecule has 0 saturated heterocycles. The third-order valence-corrected chi connectivity index (χ3v) is 8.08. The quantitative estimate of drug-likeness (QED) is 0.468. The standard InChI is InChI=1S/C18H28ClN3O3SSi/c1-14-17(15-8-7-9-16(12-15)26(23,24)21(2)3)18(19)22(20-14)13-25-10-11-27(4,5)6/h7-9,12H,10-11,13H2,1-6H3. The van der Waals surface area contributed by atoms with E-state index in [1.165, 1.54) is 18.4 Å². The van der Waals surface area contributed by atoms with E-state index in [2.05, 4.69) is 24.7 Å². The number of rotatable bonds is 8. The van der Waals surface area contributed by atoms with Crippen LogP contribution >= 0.6 is 11.6 Å². The molecule has 6 nitrogen and oxygen atoms in total. The van der Waals surface area contributed by atoms with E-state index in [-0.39, 0.29) is 11.6 Å². The number of nitrogens with zero attached hydrogens (tertiary/aromatic N) is 3. The van der Waals surface area contributed by atoms with Crippen LogP contribution in [0.25, 0.3) is 11.1 Å². The van der Waals surface area contributed by atoms with E-state index in [9.17, 15) is 8.42 Å². The van der Waals surface area contributed by atoms with Crippen molar-refractivity contribution in [1.82, 2.24) is 14.1 Å². The van der Waals surface area contributed by atoms with Crippen LogP contribution in [0.1, 0.15) is 5.69 Å². The highest BCUT2D eigenvalue weighted by Gasteiger charge is 2.21. The van der Waals surface area contributed by atoms with Gasteiger partial charge in [-0.2, -0.15) is 5.10 Å². The molecule has 0 spiro atoms. The number of sulfonamides is 1. The first kappa shape index (κ1) is 22.1. The van der Waals surface area contributed by atoms with Crippen molar-refractivity contribution < 1.29 is 13.2 Å². The lowest BCUT2D eigenvalue weighted by Crippen LogP contribution is -2.22. The first-order valence-electron chi connectivity index (χ1n) is 8.77. The second-order valence-electron chi connectivity index (χ2n) is 7.91. The molecule has 27 heavy (non-hydrogen) atoms. The van der Waals surface area contributed by atoms with Gasteiger partial charge < -0.3 is 4.74 Å². The van der Waals surface area contributed by atoms with Gasteiger partial charge in [-0.15, -0.1) is 0 Å². The summed E-state index contributed by atoms with van der Waals surface area (Å²) in [6, 6.07) is 7.82. The molecule has 1 heterocycles. The van der Waals surface area contributed by atoms with E-state index < -0.39 is 18.1 Å². The van der Waals surface area contributed by atoms with Gasteiger partial charge in [0.15, 0.2) is 0 Å². The number of aromatic nitrogens is 2. The molecule has 0 N–H and O–H groups in total. The zero-order chi connectivity index (χ0) is 20.4. The van der Waals surface area contributed by atoms with Crippen molar-refractivity contribution in [3.63, 3.8) is 0 Å². The van der Waals surface area contributed by atoms with Gasteiger partial charge in [0.2, 0.25) is 10.0 Å². The van der Waals surface area contributed by atoms with Crippen molar-refractivity contribution in [3.8, 4) is 11.1 Å². The molecule has 2 aromatic rings. The van der Waals surface area contributed by atoms with Crippen molar-refractivity contribution in [2.45, 2.75) is 44.2 Å². The summed E-state index contributed by atoms with van der Waals surface area (Å²) in [5, 5.41) is 4.90. The second kappa shape index (κ2) is 8.44. The lowest BCUT2D eigenvalue weighted by molar-refractivity contribution is 0.0786. The Balaban J connectivity index is 2.27. The Hall–Kier alpha value is -1.19.